The molecule has 0 atom stereocenters. The van der Waals surface area contributed by atoms with Crippen molar-refractivity contribution < 1.29 is 9.53 Å². The van der Waals surface area contributed by atoms with E-state index >= 15 is 0 Å². The van der Waals surface area contributed by atoms with E-state index in [1.807, 2.05) is 44.3 Å². The second-order valence-corrected chi connectivity index (χ2v) is 5.79. The van der Waals surface area contributed by atoms with Gasteiger partial charge < -0.3 is 15.0 Å². The Morgan fingerprint density at radius 3 is 2.48 bits per heavy atom. The molecule has 0 saturated heterocycles. The summed E-state index contributed by atoms with van der Waals surface area (Å²) in [6.45, 7) is 11.0. The topological polar surface area (TPSA) is 54.5 Å². The Morgan fingerprint density at radius 1 is 1.16 bits per heavy atom. The van der Waals surface area contributed by atoms with Gasteiger partial charge in [-0.15, -0.1) is 0 Å². The fourth-order valence-electron chi connectivity index (χ4n) is 2.65. The molecule has 1 N–H and O–H groups in total. The van der Waals surface area contributed by atoms with Crippen LogP contribution < -0.4 is 15.0 Å². The molecule has 0 spiro atoms. The highest BCUT2D eigenvalue weighted by atomic mass is 16.5. The molecule has 25 heavy (non-hydrogen) atoms. The number of nitrogens with zero attached hydrogens (tertiary/aromatic N) is 2. The minimum Gasteiger partial charge on any atom is -0.494 e. The average Bonchev–Trinajstić information content (AvgIpc) is 2.63. The summed E-state index contributed by atoms with van der Waals surface area (Å²) in [6.07, 6.45) is 1.82. The highest BCUT2D eigenvalue weighted by Gasteiger charge is 2.09. The fourth-order valence-corrected chi connectivity index (χ4v) is 2.65. The van der Waals surface area contributed by atoms with Gasteiger partial charge in [-0.25, -0.2) is 4.98 Å². The molecule has 5 nitrogen and oxygen atoms in total. The zero-order chi connectivity index (χ0) is 18.2. The van der Waals surface area contributed by atoms with Gasteiger partial charge in [-0.1, -0.05) is 6.07 Å². The summed E-state index contributed by atoms with van der Waals surface area (Å²) in [4.78, 5) is 19.0. The summed E-state index contributed by atoms with van der Waals surface area (Å²) in [5.41, 5.74) is 2.57. The highest BCUT2D eigenvalue weighted by Crippen LogP contribution is 2.19. The van der Waals surface area contributed by atoms with Crippen molar-refractivity contribution >= 4 is 11.7 Å². The van der Waals surface area contributed by atoms with E-state index in [-0.39, 0.29) is 5.91 Å². The SMILES string of the molecule is CCOc1ccc(C(=O)NCc2ccc(N(CC)CC)nc2)cc1C. The number of ether oxygens (including phenoxy) is 1. The lowest BCUT2D eigenvalue weighted by Crippen LogP contribution is -2.24. The fraction of sp³-hybridized carbons (Fsp3) is 0.400. The first-order valence-electron chi connectivity index (χ1n) is 8.80. The second-order valence-electron chi connectivity index (χ2n) is 5.79. The largest absolute Gasteiger partial charge is 0.494 e. The summed E-state index contributed by atoms with van der Waals surface area (Å²) in [5, 5.41) is 2.94. The summed E-state index contributed by atoms with van der Waals surface area (Å²) < 4.78 is 5.51. The Bertz CT molecular complexity index is 695. The minimum absolute atomic E-state index is 0.0982. The number of carbonyl (C=O) groups is 1. The second kappa shape index (κ2) is 9.06. The van der Waals surface area contributed by atoms with E-state index in [9.17, 15) is 4.79 Å². The summed E-state index contributed by atoms with van der Waals surface area (Å²) in [5.74, 6) is 1.68. The van der Waals surface area contributed by atoms with Crippen LogP contribution in [0.3, 0.4) is 0 Å². The van der Waals surface area contributed by atoms with Crippen LogP contribution >= 0.6 is 0 Å². The molecule has 0 aliphatic heterocycles. The zero-order valence-corrected chi connectivity index (χ0v) is 15.5. The van der Waals surface area contributed by atoms with Gasteiger partial charge in [-0.3, -0.25) is 4.79 Å². The lowest BCUT2D eigenvalue weighted by atomic mass is 10.1. The first kappa shape index (κ1) is 18.8. The molecule has 1 aromatic heterocycles. The molecule has 0 aliphatic carbocycles. The lowest BCUT2D eigenvalue weighted by molar-refractivity contribution is 0.0950. The molecule has 1 amide bonds. The van der Waals surface area contributed by atoms with E-state index in [0.29, 0.717) is 18.7 Å². The van der Waals surface area contributed by atoms with Crippen LogP contribution in [-0.2, 0) is 6.54 Å². The highest BCUT2D eigenvalue weighted by molar-refractivity contribution is 5.94. The summed E-state index contributed by atoms with van der Waals surface area (Å²) in [7, 11) is 0. The van der Waals surface area contributed by atoms with E-state index in [1.54, 1.807) is 6.07 Å². The lowest BCUT2D eigenvalue weighted by Gasteiger charge is -2.19. The van der Waals surface area contributed by atoms with E-state index < -0.39 is 0 Å². The van der Waals surface area contributed by atoms with Crippen molar-refractivity contribution in [1.82, 2.24) is 10.3 Å². The number of nitrogens with one attached hydrogen (secondary N) is 1. The monoisotopic (exact) mass is 341 g/mol. The van der Waals surface area contributed by atoms with Crippen LogP contribution in [0.4, 0.5) is 5.82 Å². The maximum absolute atomic E-state index is 12.3. The molecule has 0 radical (unpaired) electrons. The molecule has 2 rings (SSSR count). The van der Waals surface area contributed by atoms with Crippen molar-refractivity contribution in [2.24, 2.45) is 0 Å². The predicted molar refractivity (Wildman–Crippen MR) is 101 cm³/mol. The molecule has 0 saturated carbocycles. The quantitative estimate of drug-likeness (QED) is 0.797. The van der Waals surface area contributed by atoms with Gasteiger partial charge in [0.2, 0.25) is 0 Å². The van der Waals surface area contributed by atoms with Crippen LogP contribution in [0.1, 0.15) is 42.3 Å². The zero-order valence-electron chi connectivity index (χ0n) is 15.5. The van der Waals surface area contributed by atoms with E-state index in [4.69, 9.17) is 4.74 Å². The molecule has 1 heterocycles. The van der Waals surface area contributed by atoms with Gasteiger partial charge >= 0.3 is 0 Å². The van der Waals surface area contributed by atoms with Gasteiger partial charge in [0.05, 0.1) is 6.61 Å². The summed E-state index contributed by atoms with van der Waals surface area (Å²) >= 11 is 0. The van der Waals surface area contributed by atoms with Crippen molar-refractivity contribution in [2.75, 3.05) is 24.6 Å². The Labute approximate surface area is 150 Å². The van der Waals surface area contributed by atoms with Gasteiger partial charge in [0.25, 0.3) is 5.91 Å². The first-order valence-corrected chi connectivity index (χ1v) is 8.80. The number of carbonyl (C=O) groups excluding carboxylic acids is 1. The minimum atomic E-state index is -0.0982. The normalized spacial score (nSPS) is 10.4. The van der Waals surface area contributed by atoms with Gasteiger partial charge in [-0.05, 0) is 63.1 Å². The van der Waals surface area contributed by atoms with Crippen LogP contribution in [0.15, 0.2) is 36.5 Å². The maximum atomic E-state index is 12.3. The van der Waals surface area contributed by atoms with Crippen LogP contribution in [0.25, 0.3) is 0 Å². The third-order valence-electron chi connectivity index (χ3n) is 4.09. The van der Waals surface area contributed by atoms with E-state index in [1.165, 1.54) is 0 Å². The Balaban J connectivity index is 1.96. The third-order valence-corrected chi connectivity index (χ3v) is 4.09. The van der Waals surface area contributed by atoms with Gasteiger partial charge in [-0.2, -0.15) is 0 Å². The Morgan fingerprint density at radius 2 is 1.92 bits per heavy atom. The first-order chi connectivity index (χ1) is 12.1. The van der Waals surface area contributed by atoms with Crippen molar-refractivity contribution in [3.05, 3.63) is 53.2 Å². The predicted octanol–water partition coefficient (Wildman–Crippen LogP) is 3.56. The van der Waals surface area contributed by atoms with Gasteiger partial charge in [0.15, 0.2) is 0 Å². The Kier molecular flexibility index (Phi) is 6.81. The van der Waals surface area contributed by atoms with Crippen LogP contribution in [0.2, 0.25) is 0 Å². The van der Waals surface area contributed by atoms with Gasteiger partial charge in [0, 0.05) is 31.4 Å². The number of hydrogen-bond acceptors (Lipinski definition) is 4. The molecular weight excluding hydrogens is 314 g/mol. The van der Waals surface area contributed by atoms with E-state index in [2.05, 4.69) is 29.0 Å². The number of benzene rings is 1. The molecule has 0 fully saturated rings. The van der Waals surface area contributed by atoms with Crippen LogP contribution in [-0.4, -0.2) is 30.6 Å². The molecular formula is C20H27N3O2. The molecule has 1 aromatic carbocycles. The molecule has 0 aliphatic rings. The maximum Gasteiger partial charge on any atom is 0.251 e. The average molecular weight is 341 g/mol. The summed E-state index contributed by atoms with van der Waals surface area (Å²) in [6, 6.07) is 9.48. The van der Waals surface area contributed by atoms with Crippen LogP contribution in [0, 0.1) is 6.92 Å². The van der Waals surface area contributed by atoms with E-state index in [0.717, 1.165) is 35.8 Å². The number of anilines is 1. The molecule has 0 bridgehead atoms. The molecule has 5 heteroatoms. The van der Waals surface area contributed by atoms with Crippen molar-refractivity contribution in [2.45, 2.75) is 34.2 Å². The van der Waals surface area contributed by atoms with Crippen LogP contribution in [0.5, 0.6) is 5.75 Å². The number of amides is 1. The molecule has 0 unspecified atom stereocenters. The molecule has 2 aromatic rings. The molecule has 134 valence electrons. The number of pyridine rings is 1. The van der Waals surface area contributed by atoms with Crippen molar-refractivity contribution in [1.29, 1.82) is 0 Å². The number of rotatable bonds is 8. The Hall–Kier alpha value is -2.56. The van der Waals surface area contributed by atoms with Crippen molar-refractivity contribution in [3.8, 4) is 5.75 Å². The number of aryl methyl sites for hydroxylation is 1. The number of hydrogen-bond donors (Lipinski definition) is 1. The van der Waals surface area contributed by atoms with Gasteiger partial charge in [0.1, 0.15) is 11.6 Å². The number of aromatic nitrogens is 1. The smallest absolute Gasteiger partial charge is 0.251 e. The standard InChI is InChI=1S/C20H27N3O2/c1-5-23(6-2)19-11-8-16(13-21-19)14-22-20(24)17-9-10-18(25-7-3)15(4)12-17/h8-13H,5-7,14H2,1-4H3,(H,22,24). The van der Waals surface area contributed by atoms with Crippen molar-refractivity contribution in [3.63, 3.8) is 0 Å². The third kappa shape index (κ3) is 4.95.